The molecule has 4 nitrogen and oxygen atoms in total. The van der Waals surface area contributed by atoms with Crippen molar-refractivity contribution in [1.29, 1.82) is 0 Å². The van der Waals surface area contributed by atoms with E-state index in [9.17, 15) is 0 Å². The van der Waals surface area contributed by atoms with Crippen molar-refractivity contribution in [2.24, 2.45) is 0 Å². The quantitative estimate of drug-likeness (QED) is 0.112. The monoisotopic (exact) mass is 1630 g/mol. The summed E-state index contributed by atoms with van der Waals surface area (Å²) in [7, 11) is -7.03. The van der Waals surface area contributed by atoms with E-state index in [1.165, 1.54) is 128 Å². The summed E-state index contributed by atoms with van der Waals surface area (Å²) in [5.74, 6) is 0. The molecule has 24 aromatic rings. The number of nitrogens with zero attached hydrogens (tertiary/aromatic N) is 2. The highest BCUT2D eigenvalue weighted by Crippen LogP contribution is 2.56. The number of aromatic nitrogens is 2. The van der Waals surface area contributed by atoms with Gasteiger partial charge in [0, 0.05) is 116 Å². The smallest absolute Gasteiger partial charge is 0.171 e. The molecule has 576 valence electrons. The van der Waals surface area contributed by atoms with Crippen LogP contribution in [0, 0.1) is 0 Å². The molecule has 0 atom stereocenters. The molecule has 0 saturated carbocycles. The van der Waals surface area contributed by atoms with Crippen molar-refractivity contribution in [3.05, 3.63) is 411 Å². The lowest BCUT2D eigenvalue weighted by Gasteiger charge is -2.25. The van der Waals surface area contributed by atoms with Crippen molar-refractivity contribution in [2.75, 3.05) is 0 Å². The van der Waals surface area contributed by atoms with Gasteiger partial charge in [-0.3, -0.25) is 0 Å². The second-order valence-electron chi connectivity index (χ2n) is 34.3. The largest absolute Gasteiger partial charge is 0.309 e. The van der Waals surface area contributed by atoms with Crippen molar-refractivity contribution in [3.8, 4) is 33.6 Å². The molecular weight excluding hydrogens is 1560 g/mol. The zero-order valence-electron chi connectivity index (χ0n) is 67.4. The van der Waals surface area contributed by atoms with Gasteiger partial charge >= 0.3 is 0 Å². The van der Waals surface area contributed by atoms with Gasteiger partial charge in [0.2, 0.25) is 0 Å². The van der Waals surface area contributed by atoms with Crippen LogP contribution in [0.5, 0.6) is 0 Å². The minimum atomic E-state index is -3.58. The molecule has 0 aliphatic heterocycles. The van der Waals surface area contributed by atoms with Crippen LogP contribution in [0.2, 0.25) is 0 Å². The number of fused-ring (bicyclic) bond motifs is 30. The predicted octanol–water partition coefficient (Wildman–Crippen LogP) is 29.1. The molecule has 0 N–H and O–H groups in total. The second kappa shape index (κ2) is 26.5. The van der Waals surface area contributed by atoms with E-state index in [1.807, 2.05) is 22.7 Å². The first-order chi connectivity index (χ1) is 59.7. The molecule has 4 aromatic heterocycles. The Hall–Kier alpha value is -13.5. The van der Waals surface area contributed by atoms with Crippen molar-refractivity contribution in [1.82, 2.24) is 9.13 Å². The molecule has 4 heterocycles. The van der Waals surface area contributed by atoms with Gasteiger partial charge in [-0.1, -0.05) is 282 Å². The number of thiophene rings is 2. The van der Waals surface area contributed by atoms with Gasteiger partial charge in [-0.05, 0) is 243 Å². The van der Waals surface area contributed by atoms with Crippen LogP contribution < -0.4 is 31.8 Å². The number of hydrogen-bond acceptors (Lipinski definition) is 4. The summed E-state index contributed by atoms with van der Waals surface area (Å²) in [6.45, 7) is 9.23. The molecule has 8 heteroatoms. The fourth-order valence-corrected chi connectivity index (χ4v) is 29.1. The summed E-state index contributed by atoms with van der Waals surface area (Å²) in [4.78, 5) is 0. The topological polar surface area (TPSA) is 44.0 Å². The van der Waals surface area contributed by atoms with E-state index in [0.717, 1.165) is 108 Å². The normalized spacial score (nSPS) is 13.6. The average molecular weight is 1630 g/mol. The molecule has 0 bridgehead atoms. The predicted molar refractivity (Wildman–Crippen MR) is 526 cm³/mol. The Morgan fingerprint density at radius 2 is 0.475 bits per heavy atom. The number of hydrogen-bond donors (Lipinski definition) is 0. The summed E-state index contributed by atoms with van der Waals surface area (Å²) in [6, 6.07) is 140. The van der Waals surface area contributed by atoms with E-state index in [4.69, 9.17) is 0 Å². The third-order valence-electron chi connectivity index (χ3n) is 27.3. The molecule has 2 aliphatic rings. The van der Waals surface area contributed by atoms with Gasteiger partial charge in [0.25, 0.3) is 0 Å². The summed E-state index contributed by atoms with van der Waals surface area (Å²) in [5, 5.41) is 28.9. The highest BCUT2D eigenvalue weighted by atomic mass is 32.1. The zero-order valence-corrected chi connectivity index (χ0v) is 70.8. The van der Waals surface area contributed by atoms with Gasteiger partial charge in [0.1, 0.15) is 0 Å². The molecule has 0 radical (unpaired) electrons. The van der Waals surface area contributed by atoms with Gasteiger partial charge < -0.3 is 18.3 Å². The first kappa shape index (κ1) is 71.4. The molecule has 2 aliphatic carbocycles. The highest BCUT2D eigenvalue weighted by molar-refractivity contribution is 7.85. The van der Waals surface area contributed by atoms with Gasteiger partial charge in [-0.15, -0.1) is 22.7 Å². The number of para-hydroxylation sites is 4. The maximum absolute atomic E-state index is 17.2. The standard InChI is InChI=1S/C60H37N2OPS.C54H39OPS/c63-64(41-28-31-57-52(34-41)46-21-9-12-24-55(46)61(57)38-15-3-1-4-16-38,42-29-32-58-53(35-42)47-22-10-13-25-56(47)62(58)39-17-5-2-6-18-39)40-27-30-45-49(33-40)43-19-7-8-20-44(43)50-36-54-48-23-11-14-26-59(48)65-60(54)37-51(45)50;1-53(2)47-18-10-7-15-38(47)44-28-33(22-25-49(44)53)56(55,34-23-26-50-45(29-34)39-16-8-11-19-48(39)54(50,3)4)32-21-24-37-41(27-32)35-13-5-6-14-36(35)42-30-46-40-17-9-12-20-51(40)57-52(46)31-43(37)42/h1-37H;5-31H,1-4H3. The Bertz CT molecular complexity index is 8530. The van der Waals surface area contributed by atoms with E-state index in [2.05, 4.69) is 425 Å². The Morgan fingerprint density at radius 1 is 0.197 bits per heavy atom. The van der Waals surface area contributed by atoms with Gasteiger partial charge in [-0.25, -0.2) is 0 Å². The average Bonchev–Trinajstić information content (AvgIpc) is 1.41. The lowest BCUT2D eigenvalue weighted by atomic mass is 9.82. The summed E-state index contributed by atoms with van der Waals surface area (Å²) < 4.78 is 43.9. The minimum absolute atomic E-state index is 0.139. The minimum Gasteiger partial charge on any atom is -0.309 e. The van der Waals surface area contributed by atoms with E-state index in [0.29, 0.717) is 0 Å². The van der Waals surface area contributed by atoms with Gasteiger partial charge in [0.05, 0.1) is 22.1 Å². The summed E-state index contributed by atoms with van der Waals surface area (Å²) in [5.41, 5.74) is 16.4. The first-order valence-corrected chi connectivity index (χ1v) is 47.1. The molecule has 0 fully saturated rings. The molecule has 0 spiro atoms. The van der Waals surface area contributed by atoms with Crippen molar-refractivity contribution in [2.45, 2.75) is 38.5 Å². The molecule has 26 rings (SSSR count). The molecule has 0 unspecified atom stereocenters. The zero-order chi connectivity index (χ0) is 81.2. The fourth-order valence-electron chi connectivity index (χ4n) is 21.4. The van der Waals surface area contributed by atoms with Crippen LogP contribution in [-0.2, 0) is 20.0 Å². The number of rotatable bonds is 8. The maximum Gasteiger partial charge on any atom is 0.171 e. The SMILES string of the molecule is CC1(C)c2ccccc2-c2cc(P(=O)(c3ccc4c(c3)-c3ccccc3C4(C)C)c3ccc4c(c3)c3ccccc3c3cc5c(cc43)sc3ccccc35)ccc21.O=P(c1ccc2c(c1)c1ccccc1c1cc3c(cc21)sc1ccccc13)(c1ccc2c(c1)c1ccccc1n2-c1ccccc1)c1ccc2c(c1)c1ccccc1n2-c1ccccc1. The van der Waals surface area contributed by atoms with Crippen LogP contribution in [0.25, 0.3) is 182 Å². The molecule has 20 aromatic carbocycles. The van der Waals surface area contributed by atoms with Crippen molar-refractivity contribution < 1.29 is 9.13 Å². The Morgan fingerprint density at radius 3 is 0.885 bits per heavy atom. The summed E-state index contributed by atoms with van der Waals surface area (Å²) >= 11 is 3.71. The summed E-state index contributed by atoms with van der Waals surface area (Å²) in [6.07, 6.45) is 0. The third kappa shape index (κ3) is 10.2. The Labute approximate surface area is 712 Å². The van der Waals surface area contributed by atoms with E-state index in [1.54, 1.807) is 0 Å². The van der Waals surface area contributed by atoms with Crippen molar-refractivity contribution >= 4 is 217 Å². The maximum atomic E-state index is 17.2. The van der Waals surface area contributed by atoms with Crippen LogP contribution in [0.4, 0.5) is 0 Å². The number of benzene rings is 20. The fraction of sp³-hybridized carbons (Fsp3) is 0.0526. The molecular formula is C114H76N2O2P2S2. The Balaban J connectivity index is 0.000000136. The second-order valence-corrected chi connectivity index (χ2v) is 42.0. The van der Waals surface area contributed by atoms with Crippen LogP contribution in [0.1, 0.15) is 49.9 Å². The van der Waals surface area contributed by atoms with Crippen LogP contribution >= 0.6 is 37.0 Å². The van der Waals surface area contributed by atoms with Crippen LogP contribution in [0.3, 0.4) is 0 Å². The van der Waals surface area contributed by atoms with Gasteiger partial charge in [0.15, 0.2) is 14.3 Å². The lowest BCUT2D eigenvalue weighted by Crippen LogP contribution is -2.26. The van der Waals surface area contributed by atoms with E-state index < -0.39 is 14.3 Å². The van der Waals surface area contributed by atoms with Crippen LogP contribution in [-0.4, -0.2) is 9.13 Å². The van der Waals surface area contributed by atoms with Crippen molar-refractivity contribution in [3.63, 3.8) is 0 Å². The third-order valence-corrected chi connectivity index (χ3v) is 35.6. The molecule has 0 amide bonds. The Kier molecular flexibility index (Phi) is 15.5. The molecule has 0 saturated heterocycles. The molecule has 122 heavy (non-hydrogen) atoms. The lowest BCUT2D eigenvalue weighted by molar-refractivity contribution is 0.591. The highest BCUT2D eigenvalue weighted by Gasteiger charge is 2.42. The van der Waals surface area contributed by atoms with Crippen LogP contribution in [0.15, 0.2) is 388 Å². The van der Waals surface area contributed by atoms with E-state index in [-0.39, 0.29) is 10.8 Å². The van der Waals surface area contributed by atoms with Gasteiger partial charge in [-0.2, -0.15) is 0 Å². The van der Waals surface area contributed by atoms with E-state index >= 15 is 9.13 Å². The first-order valence-electron chi connectivity index (χ1n) is 42.0.